The van der Waals surface area contributed by atoms with Gasteiger partial charge in [-0.1, -0.05) is 188 Å². The Morgan fingerprint density at radius 1 is 0.203 bits per heavy atom. The summed E-state index contributed by atoms with van der Waals surface area (Å²) in [4.78, 5) is 0. The molecule has 0 atom stereocenters. The maximum atomic E-state index is 2.48. The molecule has 0 fully saturated rings. The standard InChI is InChI=1S/C64H44/c1-37-18-8-12-24-43(37)55-47-28-16-17-29-48(47)56(44-25-13-9-19-38(44)2)62-51-34-35-53-60-52(33-32-50(59(51)60)61(55)62)63-57(45-26-14-10-20-39(45)3)49-31-30-42(41-22-6-5-7-23-41)36-54(49)58(64(53)63)46-27-15-11-21-40(46)4/h5-36H,1-4H3. The first kappa shape index (κ1) is 36.8. The molecule has 300 valence electrons. The average Bonchev–Trinajstić information content (AvgIpc) is 3.84. The highest BCUT2D eigenvalue weighted by molar-refractivity contribution is 6.35. The van der Waals surface area contributed by atoms with Gasteiger partial charge in [0.05, 0.1) is 0 Å². The molecule has 0 radical (unpaired) electrons. The summed E-state index contributed by atoms with van der Waals surface area (Å²) in [6.07, 6.45) is 0. The number of aryl methyl sites for hydroxylation is 4. The fraction of sp³-hybridized carbons (Fsp3) is 0.0625. The Kier molecular flexibility index (Phi) is 7.97. The highest BCUT2D eigenvalue weighted by Crippen LogP contribution is 2.65. The second-order valence-corrected chi connectivity index (χ2v) is 18.0. The minimum Gasteiger partial charge on any atom is -0.0622 e. The van der Waals surface area contributed by atoms with E-state index >= 15 is 0 Å². The zero-order chi connectivity index (χ0) is 42.8. The molecule has 2 aliphatic rings. The van der Waals surface area contributed by atoms with Crippen molar-refractivity contribution in [3.63, 3.8) is 0 Å². The van der Waals surface area contributed by atoms with Crippen LogP contribution in [-0.2, 0) is 0 Å². The SMILES string of the molecule is Cc1ccccc1-c1c2c(c(-c3ccccc3C)c3ccccc13)-c1ccc3c4c(ccc-2c14)-c1c-3c(-c2ccccc2C)c2cc(-c3ccccc3)ccc2c1-c1ccccc1C. The lowest BCUT2D eigenvalue weighted by molar-refractivity contribution is 1.46. The minimum atomic E-state index is 1.22. The minimum absolute atomic E-state index is 1.22. The maximum absolute atomic E-state index is 2.48. The maximum Gasteiger partial charge on any atom is -0.000730 e. The number of rotatable bonds is 5. The zero-order valence-corrected chi connectivity index (χ0v) is 36.5. The van der Waals surface area contributed by atoms with E-state index in [1.165, 1.54) is 155 Å². The Labute approximate surface area is 374 Å². The lowest BCUT2D eigenvalue weighted by Crippen LogP contribution is -1.97. The van der Waals surface area contributed by atoms with E-state index in [9.17, 15) is 0 Å². The van der Waals surface area contributed by atoms with E-state index in [0.29, 0.717) is 0 Å². The average molecular weight is 813 g/mol. The lowest BCUT2D eigenvalue weighted by atomic mass is 9.80. The van der Waals surface area contributed by atoms with E-state index in [1.54, 1.807) is 0 Å². The number of hydrogen-bond donors (Lipinski definition) is 0. The zero-order valence-electron chi connectivity index (χ0n) is 36.5. The van der Waals surface area contributed by atoms with Crippen LogP contribution in [-0.4, -0.2) is 0 Å². The molecule has 0 spiro atoms. The van der Waals surface area contributed by atoms with Crippen LogP contribution in [0.4, 0.5) is 0 Å². The molecule has 0 unspecified atom stereocenters. The molecule has 0 amide bonds. The second kappa shape index (κ2) is 13.9. The quantitative estimate of drug-likeness (QED) is 0.162. The Morgan fingerprint density at radius 3 is 0.891 bits per heavy atom. The summed E-state index contributed by atoms with van der Waals surface area (Å²) in [6.45, 7) is 9.08. The molecule has 64 heavy (non-hydrogen) atoms. The third-order valence-electron chi connectivity index (χ3n) is 14.5. The molecule has 0 saturated carbocycles. The molecule has 0 bridgehead atoms. The summed E-state index contributed by atoms with van der Waals surface area (Å²) >= 11 is 0. The fourth-order valence-electron chi connectivity index (χ4n) is 11.7. The molecule has 0 heteroatoms. The Balaban J connectivity index is 1.23. The first-order valence-electron chi connectivity index (χ1n) is 22.6. The summed E-state index contributed by atoms with van der Waals surface area (Å²) in [5.74, 6) is 0. The molecular formula is C64H44. The van der Waals surface area contributed by atoms with Gasteiger partial charge in [-0.25, -0.2) is 0 Å². The van der Waals surface area contributed by atoms with Crippen LogP contribution >= 0.6 is 0 Å². The van der Waals surface area contributed by atoms with Crippen molar-refractivity contribution in [2.24, 2.45) is 0 Å². The van der Waals surface area contributed by atoms with Crippen molar-refractivity contribution in [3.05, 3.63) is 216 Å². The molecule has 0 N–H and O–H groups in total. The predicted octanol–water partition coefficient (Wildman–Crippen LogP) is 18.0. The van der Waals surface area contributed by atoms with Gasteiger partial charge in [-0.3, -0.25) is 0 Å². The third kappa shape index (κ3) is 5.06. The molecule has 0 heterocycles. The fourth-order valence-corrected chi connectivity index (χ4v) is 11.7. The highest BCUT2D eigenvalue weighted by atomic mass is 14.4. The molecule has 11 aromatic rings. The topological polar surface area (TPSA) is 0 Å². The Morgan fingerprint density at radius 2 is 0.516 bits per heavy atom. The monoisotopic (exact) mass is 812 g/mol. The van der Waals surface area contributed by atoms with Gasteiger partial charge in [0.1, 0.15) is 0 Å². The van der Waals surface area contributed by atoms with E-state index in [2.05, 4.69) is 222 Å². The van der Waals surface area contributed by atoms with Gasteiger partial charge in [0.15, 0.2) is 0 Å². The van der Waals surface area contributed by atoms with Gasteiger partial charge in [0.25, 0.3) is 0 Å². The van der Waals surface area contributed by atoms with Crippen LogP contribution < -0.4 is 0 Å². The second-order valence-electron chi connectivity index (χ2n) is 18.0. The largest absolute Gasteiger partial charge is 0.0622 e. The van der Waals surface area contributed by atoms with Gasteiger partial charge in [-0.15, -0.1) is 0 Å². The van der Waals surface area contributed by atoms with Crippen molar-refractivity contribution in [3.8, 4) is 100 Å². The van der Waals surface area contributed by atoms with Crippen molar-refractivity contribution in [2.75, 3.05) is 0 Å². The van der Waals surface area contributed by atoms with Gasteiger partial charge in [0, 0.05) is 0 Å². The van der Waals surface area contributed by atoms with Crippen LogP contribution in [0.15, 0.2) is 194 Å². The van der Waals surface area contributed by atoms with Crippen LogP contribution in [0.3, 0.4) is 0 Å². The molecule has 0 saturated heterocycles. The van der Waals surface area contributed by atoms with Crippen LogP contribution in [0.1, 0.15) is 22.3 Å². The van der Waals surface area contributed by atoms with Crippen LogP contribution in [0, 0.1) is 27.7 Å². The third-order valence-corrected chi connectivity index (χ3v) is 14.5. The van der Waals surface area contributed by atoms with E-state index in [-0.39, 0.29) is 0 Å². The van der Waals surface area contributed by atoms with Crippen LogP contribution in [0.2, 0.25) is 0 Å². The van der Waals surface area contributed by atoms with E-state index in [4.69, 9.17) is 0 Å². The number of fused-ring (bicyclic) bond motifs is 8. The summed E-state index contributed by atoms with van der Waals surface area (Å²) < 4.78 is 0. The van der Waals surface area contributed by atoms with Crippen molar-refractivity contribution in [1.82, 2.24) is 0 Å². The van der Waals surface area contributed by atoms with Crippen molar-refractivity contribution < 1.29 is 0 Å². The summed E-state index contributed by atoms with van der Waals surface area (Å²) in [7, 11) is 0. The normalized spacial score (nSPS) is 12.1. The van der Waals surface area contributed by atoms with Gasteiger partial charge in [-0.2, -0.15) is 0 Å². The first-order chi connectivity index (χ1) is 31.5. The van der Waals surface area contributed by atoms with Gasteiger partial charge in [-0.05, 0) is 188 Å². The van der Waals surface area contributed by atoms with Gasteiger partial charge >= 0.3 is 0 Å². The van der Waals surface area contributed by atoms with Crippen molar-refractivity contribution in [1.29, 1.82) is 0 Å². The molecule has 0 aromatic heterocycles. The van der Waals surface area contributed by atoms with Gasteiger partial charge < -0.3 is 0 Å². The van der Waals surface area contributed by atoms with Crippen LogP contribution in [0.25, 0.3) is 132 Å². The first-order valence-corrected chi connectivity index (χ1v) is 22.6. The van der Waals surface area contributed by atoms with E-state index < -0.39 is 0 Å². The molecular weight excluding hydrogens is 769 g/mol. The molecule has 0 aliphatic heterocycles. The van der Waals surface area contributed by atoms with Crippen LogP contribution in [0.5, 0.6) is 0 Å². The molecule has 2 aliphatic carbocycles. The molecule has 11 aromatic carbocycles. The summed E-state index contributed by atoms with van der Waals surface area (Å²) in [5, 5.41) is 7.87. The lowest BCUT2D eigenvalue weighted by Gasteiger charge is -2.23. The van der Waals surface area contributed by atoms with Crippen molar-refractivity contribution >= 4 is 32.3 Å². The Hall–Kier alpha value is -7.80. The Bertz CT molecular complexity index is 3710. The van der Waals surface area contributed by atoms with Gasteiger partial charge in [0.2, 0.25) is 0 Å². The summed E-state index contributed by atoms with van der Waals surface area (Å²) in [6, 6.07) is 73.1. The number of hydrogen-bond acceptors (Lipinski definition) is 0. The molecule has 0 nitrogen and oxygen atoms in total. The van der Waals surface area contributed by atoms with Crippen molar-refractivity contribution in [2.45, 2.75) is 27.7 Å². The smallest absolute Gasteiger partial charge is 0.000730 e. The predicted molar refractivity (Wildman–Crippen MR) is 274 cm³/mol. The number of benzene rings is 11. The van der Waals surface area contributed by atoms with E-state index in [1.807, 2.05) is 0 Å². The molecule has 13 rings (SSSR count). The van der Waals surface area contributed by atoms with E-state index in [0.717, 1.165) is 0 Å². The highest BCUT2D eigenvalue weighted by Gasteiger charge is 2.37. The summed E-state index contributed by atoms with van der Waals surface area (Å²) in [5.41, 5.74) is 28.6.